The zero-order valence-electron chi connectivity index (χ0n) is 15.1. The first-order chi connectivity index (χ1) is 12.7. The quantitative estimate of drug-likeness (QED) is 0.662. The van der Waals surface area contributed by atoms with Gasteiger partial charge in [0.2, 0.25) is 0 Å². The summed E-state index contributed by atoms with van der Waals surface area (Å²) in [6.45, 7) is 3.76. The van der Waals surface area contributed by atoms with Crippen molar-refractivity contribution >= 4 is 5.91 Å². The molecule has 4 rings (SSSR count). The van der Waals surface area contributed by atoms with Crippen molar-refractivity contribution in [1.29, 1.82) is 0 Å². The van der Waals surface area contributed by atoms with Crippen LogP contribution in [0.3, 0.4) is 0 Å². The summed E-state index contributed by atoms with van der Waals surface area (Å²) in [4.78, 5) is 17.3. The fourth-order valence-corrected chi connectivity index (χ4v) is 4.30. The number of nitrogens with one attached hydrogen (secondary N) is 2. The molecular weight excluding hydrogens is 332 g/mol. The van der Waals surface area contributed by atoms with Crippen LogP contribution in [0.1, 0.15) is 25.7 Å². The number of hydrogen-bond acceptors (Lipinski definition) is 6. The van der Waals surface area contributed by atoms with Crippen molar-refractivity contribution in [2.75, 3.05) is 39.5 Å². The molecule has 3 aliphatic heterocycles. The van der Waals surface area contributed by atoms with E-state index in [2.05, 4.69) is 20.4 Å². The van der Waals surface area contributed by atoms with Crippen LogP contribution in [0.25, 0.3) is 0 Å². The highest BCUT2D eigenvalue weighted by molar-refractivity contribution is 5.94. The number of aliphatic hydroxyl groups is 1. The molecule has 3 heterocycles. The van der Waals surface area contributed by atoms with Gasteiger partial charge in [0.1, 0.15) is 5.70 Å². The summed E-state index contributed by atoms with van der Waals surface area (Å²) in [5.74, 6) is -0.0968. The lowest BCUT2D eigenvalue weighted by Crippen LogP contribution is -2.54. The zero-order chi connectivity index (χ0) is 18.0. The normalized spacial score (nSPS) is 27.6. The number of amides is 1. The molecule has 0 radical (unpaired) electrons. The van der Waals surface area contributed by atoms with Crippen LogP contribution in [0.2, 0.25) is 0 Å². The third kappa shape index (κ3) is 3.26. The number of rotatable bonds is 5. The highest BCUT2D eigenvalue weighted by Crippen LogP contribution is 2.37. The summed E-state index contributed by atoms with van der Waals surface area (Å²) in [5, 5.41) is 16.2. The van der Waals surface area contributed by atoms with Crippen molar-refractivity contribution in [3.05, 3.63) is 35.8 Å². The lowest BCUT2D eigenvalue weighted by molar-refractivity contribution is -0.118. The minimum Gasteiger partial charge on any atom is -0.396 e. The van der Waals surface area contributed by atoms with Crippen molar-refractivity contribution in [2.45, 2.75) is 32.0 Å². The molecule has 0 aromatic heterocycles. The van der Waals surface area contributed by atoms with E-state index in [0.29, 0.717) is 25.5 Å². The maximum absolute atomic E-state index is 12.9. The Balaban J connectivity index is 1.46. The van der Waals surface area contributed by atoms with Crippen molar-refractivity contribution in [3.8, 4) is 0 Å². The molecule has 142 valence electrons. The van der Waals surface area contributed by atoms with E-state index < -0.39 is 0 Å². The van der Waals surface area contributed by atoms with Gasteiger partial charge in [0.15, 0.2) is 6.29 Å². The number of carbonyl (C=O) groups excluding carboxylic acids is 1. The number of fused-ring (bicyclic) bond motifs is 1. The average molecular weight is 360 g/mol. The smallest absolute Gasteiger partial charge is 0.269 e. The predicted molar refractivity (Wildman–Crippen MR) is 97.5 cm³/mol. The number of morpholine rings is 1. The summed E-state index contributed by atoms with van der Waals surface area (Å²) in [6.07, 6.45) is 12.1. The molecule has 1 saturated carbocycles. The van der Waals surface area contributed by atoms with Gasteiger partial charge in [0.25, 0.3) is 5.91 Å². The molecule has 4 aliphatic rings. The van der Waals surface area contributed by atoms with E-state index in [1.165, 1.54) is 0 Å². The van der Waals surface area contributed by atoms with Crippen molar-refractivity contribution in [2.24, 2.45) is 5.41 Å². The lowest BCUT2D eigenvalue weighted by Gasteiger charge is -2.37. The van der Waals surface area contributed by atoms with Crippen LogP contribution >= 0.6 is 0 Å². The number of allylic oxidation sites excluding steroid dienone is 3. The first-order valence-corrected chi connectivity index (χ1v) is 9.57. The molecule has 7 nitrogen and oxygen atoms in total. The molecule has 3 N–H and O–H groups in total. The summed E-state index contributed by atoms with van der Waals surface area (Å²) in [5.41, 5.74) is 1.35. The fraction of sp³-hybridized carbons (Fsp3) is 0.632. The Bertz CT molecular complexity index is 631. The predicted octanol–water partition coefficient (Wildman–Crippen LogP) is 0.471. The Morgan fingerprint density at radius 1 is 1.31 bits per heavy atom. The van der Waals surface area contributed by atoms with Gasteiger partial charge in [-0.1, -0.05) is 18.9 Å². The second-order valence-corrected chi connectivity index (χ2v) is 7.58. The Hall–Kier alpha value is -1.83. The van der Waals surface area contributed by atoms with E-state index in [4.69, 9.17) is 4.74 Å². The third-order valence-electron chi connectivity index (χ3n) is 5.93. The van der Waals surface area contributed by atoms with Gasteiger partial charge in [-0.05, 0) is 25.0 Å². The molecule has 0 aromatic carbocycles. The van der Waals surface area contributed by atoms with Crippen molar-refractivity contribution < 1.29 is 14.6 Å². The van der Waals surface area contributed by atoms with Crippen LogP contribution < -0.4 is 10.6 Å². The van der Waals surface area contributed by atoms with Gasteiger partial charge in [-0.15, -0.1) is 0 Å². The van der Waals surface area contributed by atoms with Crippen LogP contribution in [-0.2, 0) is 9.53 Å². The summed E-state index contributed by atoms with van der Waals surface area (Å²) >= 11 is 0. The Labute approximate surface area is 154 Å². The van der Waals surface area contributed by atoms with Gasteiger partial charge in [0, 0.05) is 31.2 Å². The first-order valence-electron chi connectivity index (χ1n) is 9.57. The van der Waals surface area contributed by atoms with Gasteiger partial charge >= 0.3 is 0 Å². The molecule has 1 amide bonds. The largest absolute Gasteiger partial charge is 0.396 e. The molecule has 0 spiro atoms. The SMILES string of the molecule is O=C(NCC1(CO)CCCC1)C1=C2C=CC=CN2C(N2CCOCC2)N1. The molecular formula is C19H28N4O3. The second-order valence-electron chi connectivity index (χ2n) is 7.58. The molecule has 1 saturated heterocycles. The van der Waals surface area contributed by atoms with Gasteiger partial charge in [0.05, 0.1) is 25.5 Å². The van der Waals surface area contributed by atoms with Gasteiger partial charge in [-0.2, -0.15) is 0 Å². The summed E-state index contributed by atoms with van der Waals surface area (Å²) in [6, 6.07) is 0. The van der Waals surface area contributed by atoms with E-state index in [-0.39, 0.29) is 24.2 Å². The monoisotopic (exact) mass is 360 g/mol. The molecule has 2 fully saturated rings. The van der Waals surface area contributed by atoms with Crippen LogP contribution in [0, 0.1) is 5.41 Å². The number of aliphatic hydroxyl groups excluding tert-OH is 1. The molecule has 0 bridgehead atoms. The first kappa shape index (κ1) is 17.6. The molecule has 1 unspecified atom stereocenters. The maximum Gasteiger partial charge on any atom is 0.269 e. The van der Waals surface area contributed by atoms with E-state index >= 15 is 0 Å². The summed E-state index contributed by atoms with van der Waals surface area (Å²) in [7, 11) is 0. The number of hydrogen-bond donors (Lipinski definition) is 3. The second kappa shape index (κ2) is 7.42. The van der Waals surface area contributed by atoms with E-state index in [9.17, 15) is 9.90 Å². The average Bonchev–Trinajstić information content (AvgIpc) is 3.32. The molecule has 26 heavy (non-hydrogen) atoms. The van der Waals surface area contributed by atoms with E-state index in [1.807, 2.05) is 24.4 Å². The Morgan fingerprint density at radius 2 is 2.08 bits per heavy atom. The minimum absolute atomic E-state index is 0.0610. The number of nitrogens with zero attached hydrogens (tertiary/aromatic N) is 2. The Kier molecular flexibility index (Phi) is 5.02. The number of ether oxygens (including phenoxy) is 1. The highest BCUT2D eigenvalue weighted by Gasteiger charge is 2.38. The van der Waals surface area contributed by atoms with Crippen LogP contribution in [0.4, 0.5) is 0 Å². The van der Waals surface area contributed by atoms with Crippen molar-refractivity contribution in [3.63, 3.8) is 0 Å². The zero-order valence-corrected chi connectivity index (χ0v) is 15.1. The van der Waals surface area contributed by atoms with E-state index in [1.54, 1.807) is 0 Å². The molecule has 7 heteroatoms. The molecule has 1 aliphatic carbocycles. The summed E-state index contributed by atoms with van der Waals surface area (Å²) < 4.78 is 5.45. The minimum atomic E-state index is -0.148. The van der Waals surface area contributed by atoms with Crippen LogP contribution in [0.15, 0.2) is 35.8 Å². The van der Waals surface area contributed by atoms with Gasteiger partial charge < -0.3 is 25.4 Å². The van der Waals surface area contributed by atoms with Crippen LogP contribution in [-0.4, -0.2) is 66.6 Å². The standard InChI is InChI=1S/C19H28N4O3/c24-14-19(6-2-3-7-19)13-20-17(25)16-15-5-1-4-8-23(15)18(21-16)22-9-11-26-12-10-22/h1,4-5,8,18,21,24H,2-3,6-7,9-14H2,(H,20,25). The van der Waals surface area contributed by atoms with Gasteiger partial charge in [-0.3, -0.25) is 9.69 Å². The lowest BCUT2D eigenvalue weighted by atomic mass is 9.87. The fourth-order valence-electron chi connectivity index (χ4n) is 4.30. The Morgan fingerprint density at radius 3 is 2.81 bits per heavy atom. The molecule has 1 atom stereocenters. The maximum atomic E-state index is 12.9. The topological polar surface area (TPSA) is 77.1 Å². The third-order valence-corrected chi connectivity index (χ3v) is 5.93. The number of carbonyl (C=O) groups is 1. The van der Waals surface area contributed by atoms with E-state index in [0.717, 1.165) is 44.5 Å². The highest BCUT2D eigenvalue weighted by atomic mass is 16.5. The van der Waals surface area contributed by atoms with Gasteiger partial charge in [-0.25, -0.2) is 0 Å². The van der Waals surface area contributed by atoms with Crippen molar-refractivity contribution in [1.82, 2.24) is 20.4 Å². The molecule has 0 aromatic rings. The van der Waals surface area contributed by atoms with Crippen LogP contribution in [0.5, 0.6) is 0 Å².